The maximum Gasteiger partial charge on any atom is 0.253 e. The third-order valence-corrected chi connectivity index (χ3v) is 3.19. The first kappa shape index (κ1) is 20.4. The zero-order valence-corrected chi connectivity index (χ0v) is 14.7. The van der Waals surface area contributed by atoms with Gasteiger partial charge >= 0.3 is 0 Å². The number of nitrogens with zero attached hydrogens (tertiary/aromatic N) is 1. The van der Waals surface area contributed by atoms with Crippen LogP contribution in [0.1, 0.15) is 36.2 Å². The number of nitrogens with one attached hydrogen (secondary N) is 1. The van der Waals surface area contributed by atoms with Crippen molar-refractivity contribution in [2.75, 3.05) is 19.4 Å². The maximum absolute atomic E-state index is 12.0. The Bertz CT molecular complexity index is 530. The van der Waals surface area contributed by atoms with E-state index in [1.165, 1.54) is 4.90 Å². The predicted octanol–water partition coefficient (Wildman–Crippen LogP) is 2.43. The van der Waals surface area contributed by atoms with E-state index in [9.17, 15) is 9.59 Å². The number of hydrogen-bond donors (Lipinski definition) is 2. The fourth-order valence-corrected chi connectivity index (χ4v) is 2.07. The minimum Gasteiger partial charge on any atom is -0.345 e. The summed E-state index contributed by atoms with van der Waals surface area (Å²) in [5.74, 6) is 0.115. The summed E-state index contributed by atoms with van der Waals surface area (Å²) in [5.41, 5.74) is 7.96. The molecule has 2 amide bonds. The minimum absolute atomic E-state index is 0. The molecule has 0 bridgehead atoms. The van der Waals surface area contributed by atoms with E-state index in [2.05, 4.69) is 5.32 Å². The van der Waals surface area contributed by atoms with E-state index in [-0.39, 0.29) is 24.2 Å². The monoisotopic (exact) mass is 327 g/mol. The van der Waals surface area contributed by atoms with E-state index in [1.54, 1.807) is 32.3 Å². The maximum atomic E-state index is 12.0. The van der Waals surface area contributed by atoms with Crippen LogP contribution in [0, 0.1) is 12.8 Å². The van der Waals surface area contributed by atoms with E-state index >= 15 is 0 Å². The summed E-state index contributed by atoms with van der Waals surface area (Å²) in [5, 5.41) is 2.79. The van der Waals surface area contributed by atoms with E-state index < -0.39 is 6.04 Å². The van der Waals surface area contributed by atoms with Crippen LogP contribution < -0.4 is 11.1 Å². The van der Waals surface area contributed by atoms with Crippen molar-refractivity contribution in [3.8, 4) is 0 Å². The Balaban J connectivity index is 0.00000441. The molecule has 0 aliphatic carbocycles. The number of benzene rings is 1. The van der Waals surface area contributed by atoms with Crippen molar-refractivity contribution >= 4 is 29.9 Å². The van der Waals surface area contributed by atoms with Crippen molar-refractivity contribution in [1.29, 1.82) is 0 Å². The van der Waals surface area contributed by atoms with Gasteiger partial charge in [0.1, 0.15) is 0 Å². The molecule has 0 spiro atoms. The topological polar surface area (TPSA) is 75.4 Å². The van der Waals surface area contributed by atoms with Crippen LogP contribution in [-0.4, -0.2) is 36.9 Å². The second kappa shape index (κ2) is 8.76. The van der Waals surface area contributed by atoms with Crippen LogP contribution in [0.25, 0.3) is 0 Å². The molecular weight excluding hydrogens is 302 g/mol. The molecule has 0 saturated heterocycles. The number of rotatable bonds is 5. The lowest BCUT2D eigenvalue weighted by Gasteiger charge is -2.16. The summed E-state index contributed by atoms with van der Waals surface area (Å²) in [4.78, 5) is 25.4. The standard InChI is InChI=1S/C16H25N3O2.ClH/c1-10(2)8-14(17)15(20)18-12-6-7-13(11(3)9-12)16(21)19(4)5;/h6-7,9-10,14H,8,17H2,1-5H3,(H,18,20);1H/t14-;/m0./s1. The Morgan fingerprint density at radius 2 is 1.86 bits per heavy atom. The summed E-state index contributed by atoms with van der Waals surface area (Å²) in [6.45, 7) is 5.90. The normalized spacial score (nSPS) is 11.6. The highest BCUT2D eigenvalue weighted by molar-refractivity contribution is 5.98. The van der Waals surface area contributed by atoms with Gasteiger partial charge < -0.3 is 16.0 Å². The number of carbonyl (C=O) groups excluding carboxylic acids is 2. The average Bonchev–Trinajstić information content (AvgIpc) is 2.37. The van der Waals surface area contributed by atoms with E-state index in [0.717, 1.165) is 5.56 Å². The third-order valence-electron chi connectivity index (χ3n) is 3.19. The summed E-state index contributed by atoms with van der Waals surface area (Å²) < 4.78 is 0. The highest BCUT2D eigenvalue weighted by atomic mass is 35.5. The molecule has 5 nitrogen and oxygen atoms in total. The van der Waals surface area contributed by atoms with Gasteiger partial charge in [0.15, 0.2) is 0 Å². The fraction of sp³-hybridized carbons (Fsp3) is 0.500. The first-order valence-electron chi connectivity index (χ1n) is 7.11. The van der Waals surface area contributed by atoms with Gasteiger partial charge in [0, 0.05) is 25.3 Å². The minimum atomic E-state index is -0.520. The molecule has 0 heterocycles. The predicted molar refractivity (Wildman–Crippen MR) is 92.5 cm³/mol. The molecule has 3 N–H and O–H groups in total. The highest BCUT2D eigenvalue weighted by Gasteiger charge is 2.16. The molecule has 0 unspecified atom stereocenters. The van der Waals surface area contributed by atoms with Crippen molar-refractivity contribution in [2.45, 2.75) is 33.2 Å². The molecule has 6 heteroatoms. The van der Waals surface area contributed by atoms with Gasteiger partial charge in [-0.2, -0.15) is 0 Å². The van der Waals surface area contributed by atoms with Crippen LogP contribution in [-0.2, 0) is 4.79 Å². The van der Waals surface area contributed by atoms with Gasteiger partial charge in [0.25, 0.3) is 5.91 Å². The lowest BCUT2D eigenvalue weighted by molar-refractivity contribution is -0.117. The van der Waals surface area contributed by atoms with E-state index in [1.807, 2.05) is 20.8 Å². The Labute approximate surface area is 138 Å². The highest BCUT2D eigenvalue weighted by Crippen LogP contribution is 2.17. The van der Waals surface area contributed by atoms with Crippen LogP contribution in [0.15, 0.2) is 18.2 Å². The Kier molecular flexibility index (Phi) is 8.12. The number of anilines is 1. The van der Waals surface area contributed by atoms with Crippen molar-refractivity contribution in [1.82, 2.24) is 4.90 Å². The smallest absolute Gasteiger partial charge is 0.253 e. The van der Waals surface area contributed by atoms with Crippen molar-refractivity contribution in [3.63, 3.8) is 0 Å². The zero-order chi connectivity index (χ0) is 16.2. The molecule has 1 aromatic rings. The number of nitrogens with two attached hydrogens (primary N) is 1. The van der Waals surface area contributed by atoms with Gasteiger partial charge in [-0.05, 0) is 43.0 Å². The number of hydrogen-bond acceptors (Lipinski definition) is 3. The van der Waals surface area contributed by atoms with Crippen molar-refractivity contribution in [3.05, 3.63) is 29.3 Å². The SMILES string of the molecule is Cc1cc(NC(=O)[C@@H](N)CC(C)C)ccc1C(=O)N(C)C.Cl. The first-order chi connectivity index (χ1) is 9.72. The largest absolute Gasteiger partial charge is 0.345 e. The number of carbonyl (C=O) groups is 2. The lowest BCUT2D eigenvalue weighted by atomic mass is 10.0. The van der Waals surface area contributed by atoms with Gasteiger partial charge in [-0.3, -0.25) is 9.59 Å². The first-order valence-corrected chi connectivity index (χ1v) is 7.11. The molecule has 1 rings (SSSR count). The Morgan fingerprint density at radius 1 is 1.27 bits per heavy atom. The molecule has 0 fully saturated rings. The van der Waals surface area contributed by atoms with Gasteiger partial charge in [0.2, 0.25) is 5.91 Å². The summed E-state index contributed by atoms with van der Waals surface area (Å²) in [6, 6.07) is 4.72. The van der Waals surface area contributed by atoms with E-state index in [4.69, 9.17) is 5.73 Å². The fourth-order valence-electron chi connectivity index (χ4n) is 2.07. The summed E-state index contributed by atoms with van der Waals surface area (Å²) >= 11 is 0. The lowest BCUT2D eigenvalue weighted by Crippen LogP contribution is -2.36. The van der Waals surface area contributed by atoms with Gasteiger partial charge in [-0.1, -0.05) is 13.8 Å². The molecule has 0 aliphatic heterocycles. The Hall–Kier alpha value is -1.59. The third kappa shape index (κ3) is 5.66. The number of amides is 2. The van der Waals surface area contributed by atoms with Gasteiger partial charge in [0.05, 0.1) is 6.04 Å². The van der Waals surface area contributed by atoms with Crippen molar-refractivity contribution in [2.24, 2.45) is 11.7 Å². The molecule has 1 aromatic carbocycles. The van der Waals surface area contributed by atoms with E-state index in [0.29, 0.717) is 23.6 Å². The molecule has 0 radical (unpaired) electrons. The zero-order valence-electron chi connectivity index (χ0n) is 13.8. The van der Waals surface area contributed by atoms with Crippen molar-refractivity contribution < 1.29 is 9.59 Å². The van der Waals surface area contributed by atoms with Crippen LogP contribution in [0.3, 0.4) is 0 Å². The second-order valence-corrected chi connectivity index (χ2v) is 5.95. The molecule has 22 heavy (non-hydrogen) atoms. The van der Waals surface area contributed by atoms with Crippen LogP contribution in [0.4, 0.5) is 5.69 Å². The van der Waals surface area contributed by atoms with Crippen LogP contribution in [0.5, 0.6) is 0 Å². The second-order valence-electron chi connectivity index (χ2n) is 5.95. The van der Waals surface area contributed by atoms with Crippen LogP contribution in [0.2, 0.25) is 0 Å². The molecule has 1 atom stereocenters. The molecule has 124 valence electrons. The molecule has 0 aliphatic rings. The quantitative estimate of drug-likeness (QED) is 0.872. The Morgan fingerprint density at radius 3 is 2.32 bits per heavy atom. The van der Waals surface area contributed by atoms with Gasteiger partial charge in [-0.25, -0.2) is 0 Å². The molecular formula is C16H26ClN3O2. The number of aryl methyl sites for hydroxylation is 1. The average molecular weight is 328 g/mol. The van der Waals surface area contributed by atoms with Gasteiger partial charge in [-0.15, -0.1) is 12.4 Å². The molecule has 0 aromatic heterocycles. The summed E-state index contributed by atoms with van der Waals surface area (Å²) in [6.07, 6.45) is 0.641. The summed E-state index contributed by atoms with van der Waals surface area (Å²) in [7, 11) is 3.42. The van der Waals surface area contributed by atoms with Crippen LogP contribution >= 0.6 is 12.4 Å². The number of halogens is 1. The molecule has 0 saturated carbocycles.